The van der Waals surface area contributed by atoms with Crippen LogP contribution >= 0.6 is 0 Å². The van der Waals surface area contributed by atoms with Gasteiger partial charge in [0.15, 0.2) is 5.82 Å². The second-order valence-electron chi connectivity index (χ2n) is 7.40. The zero-order valence-corrected chi connectivity index (χ0v) is 15.3. The highest BCUT2D eigenvalue weighted by Crippen LogP contribution is 2.45. The van der Waals surface area contributed by atoms with Crippen LogP contribution in [0.1, 0.15) is 43.5 Å². The minimum atomic E-state index is -0.581. The zero-order chi connectivity index (χ0) is 18.7. The molecule has 2 aromatic rings. The van der Waals surface area contributed by atoms with Gasteiger partial charge >= 0.3 is 5.97 Å². The smallest absolute Gasteiger partial charge is 0.307 e. The third-order valence-corrected chi connectivity index (χ3v) is 5.69. The van der Waals surface area contributed by atoms with Crippen molar-refractivity contribution >= 4 is 11.9 Å². The third kappa shape index (κ3) is 3.72. The molecule has 27 heavy (non-hydrogen) atoms. The summed E-state index contributed by atoms with van der Waals surface area (Å²) in [6, 6.07) is 10.2. The van der Waals surface area contributed by atoms with Crippen molar-refractivity contribution < 1.29 is 14.3 Å². The van der Waals surface area contributed by atoms with Gasteiger partial charge in [-0.05, 0) is 37.7 Å². The van der Waals surface area contributed by atoms with E-state index in [0.29, 0.717) is 12.4 Å². The van der Waals surface area contributed by atoms with Gasteiger partial charge in [-0.2, -0.15) is 0 Å². The molecule has 1 atom stereocenters. The lowest BCUT2D eigenvalue weighted by Crippen LogP contribution is -2.42. The molecule has 1 aliphatic carbocycles. The van der Waals surface area contributed by atoms with Crippen molar-refractivity contribution in [3.63, 3.8) is 0 Å². The van der Waals surface area contributed by atoms with Gasteiger partial charge < -0.3 is 14.6 Å². The van der Waals surface area contributed by atoms with Crippen molar-refractivity contribution in [1.29, 1.82) is 0 Å². The molecule has 1 N–H and O–H groups in total. The highest BCUT2D eigenvalue weighted by Gasteiger charge is 2.53. The molecular formula is C20H24N4O3. The monoisotopic (exact) mass is 368 g/mol. The Hall–Kier alpha value is -2.70. The van der Waals surface area contributed by atoms with Crippen LogP contribution in [-0.2, 0) is 33.8 Å². The van der Waals surface area contributed by atoms with Gasteiger partial charge in [0.1, 0.15) is 11.9 Å². The van der Waals surface area contributed by atoms with Crippen molar-refractivity contribution in [3.05, 3.63) is 48.0 Å². The molecule has 7 nitrogen and oxygen atoms in total. The first-order chi connectivity index (χ1) is 13.2. The van der Waals surface area contributed by atoms with Crippen molar-refractivity contribution in [2.45, 2.75) is 57.2 Å². The topological polar surface area (TPSA) is 86.1 Å². The lowest BCUT2D eigenvalue weighted by atomic mass is 9.85. The molecule has 142 valence electrons. The van der Waals surface area contributed by atoms with Crippen LogP contribution in [0.5, 0.6) is 0 Å². The Balaban J connectivity index is 1.36. The van der Waals surface area contributed by atoms with Crippen LogP contribution in [0, 0.1) is 5.92 Å². The summed E-state index contributed by atoms with van der Waals surface area (Å²) < 4.78 is 7.51. The molecule has 1 aromatic heterocycles. The van der Waals surface area contributed by atoms with Crippen LogP contribution < -0.4 is 5.32 Å². The van der Waals surface area contributed by atoms with E-state index in [0.717, 1.165) is 38.6 Å². The maximum atomic E-state index is 12.7. The second-order valence-corrected chi connectivity index (χ2v) is 7.40. The Kier molecular flexibility index (Phi) is 4.92. The summed E-state index contributed by atoms with van der Waals surface area (Å²) in [6.45, 7) is 1.05. The molecule has 0 radical (unpaired) electrons. The Bertz CT molecular complexity index is 812. The van der Waals surface area contributed by atoms with Crippen LogP contribution in [-0.4, -0.2) is 32.2 Å². The summed E-state index contributed by atoms with van der Waals surface area (Å²) in [5.41, 5.74) is 0.660. The van der Waals surface area contributed by atoms with E-state index < -0.39 is 11.5 Å². The number of nitrogens with zero attached hydrogens (tertiary/aromatic N) is 3. The molecule has 0 unspecified atom stereocenters. The van der Waals surface area contributed by atoms with Gasteiger partial charge in [0.05, 0.1) is 18.9 Å². The van der Waals surface area contributed by atoms with Gasteiger partial charge in [-0.1, -0.05) is 30.3 Å². The highest BCUT2D eigenvalue weighted by atomic mass is 16.6. The number of nitrogens with one attached hydrogen (secondary N) is 1. The Morgan fingerprint density at radius 1 is 1.26 bits per heavy atom. The van der Waals surface area contributed by atoms with Gasteiger partial charge in [0.25, 0.3) is 0 Å². The first kappa shape index (κ1) is 17.7. The molecular weight excluding hydrogens is 344 g/mol. The van der Waals surface area contributed by atoms with Gasteiger partial charge in [-0.15, -0.1) is 10.2 Å². The lowest BCUT2D eigenvalue weighted by molar-refractivity contribution is -0.150. The van der Waals surface area contributed by atoms with Gasteiger partial charge in [0, 0.05) is 6.54 Å². The molecule has 0 bridgehead atoms. The summed E-state index contributed by atoms with van der Waals surface area (Å²) in [5, 5.41) is 11.0. The summed E-state index contributed by atoms with van der Waals surface area (Å²) in [5.74, 6) is -0.0679. The molecule has 4 rings (SSSR count). The molecule has 1 amide bonds. The van der Waals surface area contributed by atoms with Crippen molar-refractivity contribution in [2.75, 3.05) is 0 Å². The van der Waals surface area contributed by atoms with E-state index in [1.165, 1.54) is 5.56 Å². The number of amides is 1. The van der Waals surface area contributed by atoms with Crippen LogP contribution in [0.15, 0.2) is 36.7 Å². The van der Waals surface area contributed by atoms with E-state index in [1.807, 2.05) is 22.8 Å². The Morgan fingerprint density at radius 2 is 2.04 bits per heavy atom. The van der Waals surface area contributed by atoms with Crippen LogP contribution in [0.4, 0.5) is 0 Å². The fraction of sp³-hybridized carbons (Fsp3) is 0.500. The lowest BCUT2D eigenvalue weighted by Gasteiger charge is -2.27. The van der Waals surface area contributed by atoms with E-state index in [9.17, 15) is 9.59 Å². The normalized spacial score (nSPS) is 20.7. The molecule has 2 aliphatic rings. The average Bonchev–Trinajstić information content (AvgIpc) is 3.40. The Morgan fingerprint density at radius 3 is 2.81 bits per heavy atom. The number of esters is 1. The van der Waals surface area contributed by atoms with Gasteiger partial charge in [-0.25, -0.2) is 0 Å². The van der Waals surface area contributed by atoms with Crippen molar-refractivity contribution in [1.82, 2.24) is 20.1 Å². The molecule has 1 saturated carbocycles. The zero-order valence-electron chi connectivity index (χ0n) is 15.3. The summed E-state index contributed by atoms with van der Waals surface area (Å²) in [6.07, 6.45) is 6.30. The molecule has 1 aromatic carbocycles. The molecule has 1 spiro atoms. The number of hydrogen-bond donors (Lipinski definition) is 1. The SMILES string of the molecule is O=C1C[C@H](C(=O)NCc2nncn2CCc2ccccc2)C2(CCCC2)O1. The highest BCUT2D eigenvalue weighted by molar-refractivity contribution is 5.87. The molecule has 7 heteroatoms. The van der Waals surface area contributed by atoms with E-state index >= 15 is 0 Å². The number of benzene rings is 1. The van der Waals surface area contributed by atoms with E-state index in [4.69, 9.17) is 4.74 Å². The number of ether oxygens (including phenoxy) is 1. The fourth-order valence-corrected chi connectivity index (χ4v) is 4.23. The number of aromatic nitrogens is 3. The fourth-order valence-electron chi connectivity index (χ4n) is 4.23. The van der Waals surface area contributed by atoms with Crippen LogP contribution in [0.2, 0.25) is 0 Å². The van der Waals surface area contributed by atoms with Gasteiger partial charge in [-0.3, -0.25) is 9.59 Å². The predicted molar refractivity (Wildman–Crippen MR) is 97.4 cm³/mol. The number of hydrogen-bond acceptors (Lipinski definition) is 5. The second kappa shape index (κ2) is 7.50. The number of rotatable bonds is 6. The predicted octanol–water partition coefficient (Wildman–Crippen LogP) is 2.01. The summed E-state index contributed by atoms with van der Waals surface area (Å²) in [4.78, 5) is 24.5. The minimum absolute atomic E-state index is 0.125. The molecule has 1 aliphatic heterocycles. The molecule has 2 fully saturated rings. The standard InChI is InChI=1S/C20H24N4O3/c25-18-12-16(20(27-18)9-4-5-10-20)19(26)21-13-17-23-22-14-24(17)11-8-15-6-2-1-3-7-15/h1-3,6-7,14,16H,4-5,8-13H2,(H,21,26)/t16-/m1/s1. The maximum Gasteiger partial charge on any atom is 0.307 e. The Labute approximate surface area is 158 Å². The molecule has 1 saturated heterocycles. The quantitative estimate of drug-likeness (QED) is 0.789. The third-order valence-electron chi connectivity index (χ3n) is 5.69. The van der Waals surface area contributed by atoms with E-state index in [2.05, 4.69) is 27.6 Å². The van der Waals surface area contributed by atoms with Crippen molar-refractivity contribution in [2.24, 2.45) is 5.92 Å². The minimum Gasteiger partial charge on any atom is -0.458 e. The molecule has 2 heterocycles. The first-order valence-electron chi connectivity index (χ1n) is 9.56. The van der Waals surface area contributed by atoms with Crippen LogP contribution in [0.25, 0.3) is 0 Å². The first-order valence-corrected chi connectivity index (χ1v) is 9.56. The van der Waals surface area contributed by atoms with E-state index in [-0.39, 0.29) is 18.3 Å². The summed E-state index contributed by atoms with van der Waals surface area (Å²) >= 11 is 0. The van der Waals surface area contributed by atoms with E-state index in [1.54, 1.807) is 6.33 Å². The van der Waals surface area contributed by atoms with Crippen molar-refractivity contribution in [3.8, 4) is 0 Å². The number of aryl methyl sites for hydroxylation is 2. The average molecular weight is 368 g/mol. The summed E-state index contributed by atoms with van der Waals surface area (Å²) in [7, 11) is 0. The van der Waals surface area contributed by atoms with Gasteiger partial charge in [0.2, 0.25) is 5.91 Å². The van der Waals surface area contributed by atoms with Crippen LogP contribution in [0.3, 0.4) is 0 Å². The number of carbonyl (C=O) groups is 2. The largest absolute Gasteiger partial charge is 0.458 e. The maximum absolute atomic E-state index is 12.7. The number of carbonyl (C=O) groups excluding carboxylic acids is 2.